The molecular weight excluding hydrogens is 840 g/mol. The van der Waals surface area contributed by atoms with E-state index < -0.39 is 147 Å². The molecule has 24 heteroatoms. The number of fused-ring (bicyclic) bond motifs is 8. The Morgan fingerprint density at radius 1 is 0.371 bits per heavy atom. The predicted octanol–water partition coefficient (Wildman–Crippen LogP) is -2.02. The lowest BCUT2D eigenvalue weighted by Gasteiger charge is -2.41. The molecule has 326 valence electrons. The molecule has 8 saturated heterocycles. The van der Waals surface area contributed by atoms with E-state index >= 15 is 0 Å². The number of hydrogen-bond acceptors (Lipinski definition) is 24. The highest BCUT2D eigenvalue weighted by Crippen LogP contribution is 2.60. The van der Waals surface area contributed by atoms with E-state index in [1.54, 1.807) is 0 Å². The summed E-state index contributed by atoms with van der Waals surface area (Å²) < 4.78 is 35.6. The van der Waals surface area contributed by atoms with Gasteiger partial charge in [-0.2, -0.15) is 0 Å². The molecule has 10 unspecified atom stereocenters. The zero-order valence-corrected chi connectivity index (χ0v) is 31.7. The van der Waals surface area contributed by atoms with Crippen molar-refractivity contribution in [2.24, 2.45) is 57.2 Å². The number of carbonyl (C=O) groups excluding carboxylic acids is 16. The van der Waals surface area contributed by atoms with Gasteiger partial charge >= 0.3 is 95.5 Å². The van der Waals surface area contributed by atoms with E-state index in [-0.39, 0.29) is 57.3 Å². The zero-order valence-electron chi connectivity index (χ0n) is 31.7. The normalized spacial score (nSPS) is 39.4. The molecule has 10 atom stereocenters. The summed E-state index contributed by atoms with van der Waals surface area (Å²) in [6.45, 7) is 0. The van der Waals surface area contributed by atoms with E-state index in [0.717, 1.165) is 0 Å². The molecule has 0 aromatic rings. The van der Waals surface area contributed by atoms with Gasteiger partial charge < -0.3 is 37.9 Å². The molecule has 8 heterocycles. The van der Waals surface area contributed by atoms with Gasteiger partial charge in [0, 0.05) is 6.42 Å². The lowest BCUT2D eigenvalue weighted by atomic mass is 9.54. The summed E-state index contributed by atoms with van der Waals surface area (Å²) in [4.78, 5) is 180. The van der Waals surface area contributed by atoms with Crippen LogP contribution in [0.4, 0.5) is 0 Å². The van der Waals surface area contributed by atoms with Gasteiger partial charge in [-0.1, -0.05) is 0 Å². The van der Waals surface area contributed by atoms with Gasteiger partial charge in [0.25, 0.3) is 0 Å². The van der Waals surface area contributed by atoms with Gasteiger partial charge in [-0.25, -0.2) is 0 Å². The van der Waals surface area contributed by atoms with E-state index in [4.69, 9.17) is 0 Å². The van der Waals surface area contributed by atoms with E-state index in [1.165, 1.54) is 0 Å². The van der Waals surface area contributed by atoms with Gasteiger partial charge in [-0.3, -0.25) is 76.7 Å². The molecule has 11 fully saturated rings. The molecule has 11 rings (SSSR count). The Labute approximate surface area is 344 Å². The minimum atomic E-state index is -1.55. The highest BCUT2D eigenvalue weighted by atomic mass is 16.6. The Morgan fingerprint density at radius 3 is 1.34 bits per heavy atom. The Hall–Kier alpha value is -6.88. The lowest BCUT2D eigenvalue weighted by Crippen LogP contribution is -2.52. The minimum Gasteiger partial charge on any atom is -0.393 e. The third-order valence-electron chi connectivity index (χ3n) is 13.5. The molecule has 4 spiro atoms. The summed E-state index contributed by atoms with van der Waals surface area (Å²) >= 11 is 0. The van der Waals surface area contributed by atoms with Crippen LogP contribution in [0, 0.1) is 57.2 Å². The Bertz CT molecular complexity index is 2300. The average molecular weight is 871 g/mol. The van der Waals surface area contributed by atoms with E-state index in [2.05, 4.69) is 37.9 Å². The highest BCUT2D eigenvalue weighted by Gasteiger charge is 2.73. The minimum absolute atomic E-state index is 0.00472. The van der Waals surface area contributed by atoms with Crippen molar-refractivity contribution >= 4 is 95.5 Å². The van der Waals surface area contributed by atoms with Crippen LogP contribution in [-0.4, -0.2) is 95.5 Å². The number of ether oxygens (including phenoxy) is 8. The molecule has 8 aliphatic heterocycles. The standard InChI is InChI=1S/C11H10O6.C10H8O6.C9H6O6.C8H6O6/c12-7-4-11(10(15)16-7)2-1-5-3-6(11)9(14)17-8(5)13;11-6-3-10(9(14)15-6)2-4-1-5(10)8(13)16-7(4)12;10-4-2-9(8(13)14-4)1-3-5(9)7(12)15-6(3)11;9-4-1-2-8(6(11)13-4)3-5(10)14-7(8)12/h5-6H,1-4H2;4-5H,1-3H2;3,5H,1-2H2;1-3H2. The fourth-order valence-corrected chi connectivity index (χ4v) is 10.2. The van der Waals surface area contributed by atoms with Crippen LogP contribution in [0.15, 0.2) is 0 Å². The fraction of sp³-hybridized carbons (Fsp3) is 0.579. The summed E-state index contributed by atoms with van der Waals surface area (Å²) in [5.74, 6) is -14.5. The number of esters is 16. The summed E-state index contributed by atoms with van der Waals surface area (Å²) in [6, 6.07) is 0. The second-order valence-electron chi connectivity index (χ2n) is 16.8. The molecule has 0 radical (unpaired) electrons. The lowest BCUT2D eigenvalue weighted by molar-refractivity contribution is -0.185. The molecule has 4 bridgehead atoms. The summed E-state index contributed by atoms with van der Waals surface area (Å²) in [5, 5.41) is 0. The summed E-state index contributed by atoms with van der Waals surface area (Å²) in [5.41, 5.74) is -4.87. The van der Waals surface area contributed by atoms with E-state index in [9.17, 15) is 76.7 Å². The molecule has 0 amide bonds. The highest BCUT2D eigenvalue weighted by molar-refractivity contribution is 6.13. The van der Waals surface area contributed by atoms with Crippen LogP contribution in [-0.2, 0) is 115 Å². The summed E-state index contributed by atoms with van der Waals surface area (Å²) in [7, 11) is 0. The number of cyclic esters (lactones) is 16. The molecular formula is C38H30O24. The smallest absolute Gasteiger partial charge is 0.331 e. The van der Waals surface area contributed by atoms with Crippen LogP contribution in [0.3, 0.4) is 0 Å². The monoisotopic (exact) mass is 870 g/mol. The maximum Gasteiger partial charge on any atom is 0.331 e. The molecule has 24 nitrogen and oxygen atoms in total. The van der Waals surface area contributed by atoms with Crippen LogP contribution in [0.2, 0.25) is 0 Å². The molecule has 0 aromatic heterocycles. The molecule has 62 heavy (non-hydrogen) atoms. The van der Waals surface area contributed by atoms with Crippen molar-refractivity contribution in [3.05, 3.63) is 0 Å². The van der Waals surface area contributed by atoms with Crippen molar-refractivity contribution < 1.29 is 115 Å². The SMILES string of the molecule is O=C1CC2(CC3C(=O)OC(=O)C32)C(=O)O1.O=C1CC2(CC3CC2C(=O)OC3=O)C(=O)O1.O=C1CC2(CCC3CC2C(=O)OC3=O)C(=O)O1.O=C1CCC2(CC(=O)OC2=O)C(=O)O1. The number of rotatable bonds is 0. The quantitative estimate of drug-likeness (QED) is 0.144. The first-order valence-corrected chi connectivity index (χ1v) is 19.2. The Morgan fingerprint density at radius 2 is 0.823 bits per heavy atom. The van der Waals surface area contributed by atoms with Gasteiger partial charge in [0.2, 0.25) is 0 Å². The third-order valence-corrected chi connectivity index (χ3v) is 13.5. The van der Waals surface area contributed by atoms with Crippen LogP contribution in [0.5, 0.6) is 0 Å². The zero-order chi connectivity index (χ0) is 44.8. The van der Waals surface area contributed by atoms with E-state index in [1.807, 2.05) is 0 Å². The van der Waals surface area contributed by atoms with Crippen LogP contribution in [0.25, 0.3) is 0 Å². The predicted molar refractivity (Wildman–Crippen MR) is 175 cm³/mol. The fourth-order valence-electron chi connectivity index (χ4n) is 10.2. The van der Waals surface area contributed by atoms with Crippen molar-refractivity contribution in [1.82, 2.24) is 0 Å². The average Bonchev–Trinajstić information content (AvgIpc) is 3.97. The second-order valence-corrected chi connectivity index (χ2v) is 16.8. The topological polar surface area (TPSA) is 347 Å². The number of hydrogen-bond donors (Lipinski definition) is 0. The maximum absolute atomic E-state index is 11.8. The first-order valence-electron chi connectivity index (χ1n) is 19.2. The Balaban J connectivity index is 0.000000114. The van der Waals surface area contributed by atoms with Crippen molar-refractivity contribution in [2.75, 3.05) is 0 Å². The van der Waals surface area contributed by atoms with Crippen LogP contribution >= 0.6 is 0 Å². The number of carbonyl (C=O) groups is 16. The molecule has 3 saturated carbocycles. The van der Waals surface area contributed by atoms with Gasteiger partial charge in [0.1, 0.15) is 0 Å². The van der Waals surface area contributed by atoms with Gasteiger partial charge in [0.15, 0.2) is 5.41 Å². The first-order chi connectivity index (χ1) is 29.1. The van der Waals surface area contributed by atoms with Crippen LogP contribution in [0.1, 0.15) is 77.0 Å². The first kappa shape index (κ1) is 41.8. The van der Waals surface area contributed by atoms with Gasteiger partial charge in [-0.15, -0.1) is 0 Å². The molecule has 11 aliphatic rings. The largest absolute Gasteiger partial charge is 0.393 e. The van der Waals surface area contributed by atoms with E-state index in [0.29, 0.717) is 25.7 Å². The van der Waals surface area contributed by atoms with Crippen molar-refractivity contribution in [3.63, 3.8) is 0 Å². The second kappa shape index (κ2) is 14.4. The van der Waals surface area contributed by atoms with Gasteiger partial charge in [0.05, 0.1) is 77.4 Å². The molecule has 0 aromatic carbocycles. The maximum atomic E-state index is 11.8. The summed E-state index contributed by atoms with van der Waals surface area (Å²) in [6.07, 6.45) is 1.08. The molecule has 0 N–H and O–H groups in total. The molecule has 3 aliphatic carbocycles. The van der Waals surface area contributed by atoms with Crippen molar-refractivity contribution in [1.29, 1.82) is 0 Å². The third kappa shape index (κ3) is 6.32. The van der Waals surface area contributed by atoms with Crippen molar-refractivity contribution in [2.45, 2.75) is 77.0 Å². The van der Waals surface area contributed by atoms with Crippen molar-refractivity contribution in [3.8, 4) is 0 Å². The van der Waals surface area contributed by atoms with Gasteiger partial charge in [-0.05, 0) is 44.9 Å². The van der Waals surface area contributed by atoms with Crippen LogP contribution < -0.4 is 0 Å². The Kier molecular flexibility index (Phi) is 9.69.